The highest BCUT2D eigenvalue weighted by molar-refractivity contribution is 5.76. The Bertz CT molecular complexity index is 795. The van der Waals surface area contributed by atoms with E-state index in [1.807, 2.05) is 23.1 Å². The lowest BCUT2D eigenvalue weighted by Gasteiger charge is -2.36. The summed E-state index contributed by atoms with van der Waals surface area (Å²) < 4.78 is 0. The van der Waals surface area contributed by atoms with Crippen molar-refractivity contribution in [1.29, 1.82) is 0 Å². The fraction of sp³-hybridized carbons (Fsp3) is 0.545. The van der Waals surface area contributed by atoms with Gasteiger partial charge in [-0.3, -0.25) is 9.69 Å². The minimum atomic E-state index is 0.266. The molecule has 0 spiro atoms. The highest BCUT2D eigenvalue weighted by Crippen LogP contribution is 2.23. The molecule has 28 heavy (non-hydrogen) atoms. The summed E-state index contributed by atoms with van der Waals surface area (Å²) in [6.45, 7) is 8.14. The van der Waals surface area contributed by atoms with Gasteiger partial charge in [-0.05, 0) is 20.4 Å². The summed E-state index contributed by atoms with van der Waals surface area (Å²) in [5.41, 5.74) is 3.29. The zero-order valence-electron chi connectivity index (χ0n) is 17.0. The average Bonchev–Trinajstić information content (AvgIpc) is 3.16. The van der Waals surface area contributed by atoms with Crippen LogP contribution >= 0.6 is 0 Å². The van der Waals surface area contributed by atoms with Crippen LogP contribution in [-0.2, 0) is 17.8 Å². The number of aromatic amines is 1. The first-order valence-electron chi connectivity index (χ1n) is 10.4. The molecule has 1 fully saturated rings. The van der Waals surface area contributed by atoms with E-state index >= 15 is 0 Å². The van der Waals surface area contributed by atoms with Gasteiger partial charge in [-0.15, -0.1) is 0 Å². The Kier molecular flexibility index (Phi) is 5.78. The van der Waals surface area contributed by atoms with Gasteiger partial charge in [0.25, 0.3) is 0 Å². The number of amides is 1. The number of imidazole rings is 1. The third-order valence-corrected chi connectivity index (χ3v) is 6.17. The SMILES string of the molecule is C[C@@H](CCC(=O)N1CCc2nc(-c3ccccc3)[nH]c2C1)N1CCN(C)CC1. The molecular weight excluding hydrogens is 350 g/mol. The van der Waals surface area contributed by atoms with Crippen LogP contribution in [0.3, 0.4) is 0 Å². The molecule has 2 aliphatic rings. The first-order chi connectivity index (χ1) is 13.6. The van der Waals surface area contributed by atoms with Crippen molar-refractivity contribution in [2.24, 2.45) is 0 Å². The smallest absolute Gasteiger partial charge is 0.222 e. The van der Waals surface area contributed by atoms with E-state index in [-0.39, 0.29) is 5.91 Å². The fourth-order valence-corrected chi connectivity index (χ4v) is 4.18. The van der Waals surface area contributed by atoms with Gasteiger partial charge in [0, 0.05) is 57.2 Å². The third kappa shape index (κ3) is 4.28. The maximum absolute atomic E-state index is 12.8. The van der Waals surface area contributed by atoms with Crippen molar-refractivity contribution in [2.75, 3.05) is 39.8 Å². The first kappa shape index (κ1) is 19.2. The van der Waals surface area contributed by atoms with E-state index in [1.165, 1.54) is 0 Å². The number of nitrogens with zero attached hydrogens (tertiary/aromatic N) is 4. The van der Waals surface area contributed by atoms with Crippen LogP contribution < -0.4 is 0 Å². The molecule has 0 unspecified atom stereocenters. The van der Waals surface area contributed by atoms with E-state index in [9.17, 15) is 4.79 Å². The summed E-state index contributed by atoms with van der Waals surface area (Å²) in [7, 11) is 2.18. The highest BCUT2D eigenvalue weighted by Gasteiger charge is 2.25. The van der Waals surface area contributed by atoms with Crippen LogP contribution in [0.25, 0.3) is 11.4 Å². The lowest BCUT2D eigenvalue weighted by Crippen LogP contribution is -2.48. The number of carbonyl (C=O) groups is 1. The number of aromatic nitrogens is 2. The van der Waals surface area contributed by atoms with Gasteiger partial charge in [-0.2, -0.15) is 0 Å². The number of rotatable bonds is 5. The second-order valence-corrected chi connectivity index (χ2v) is 8.17. The number of likely N-dealkylation sites (N-methyl/N-ethyl adjacent to an activating group) is 1. The monoisotopic (exact) mass is 381 g/mol. The Hall–Kier alpha value is -2.18. The number of hydrogen-bond acceptors (Lipinski definition) is 4. The molecule has 2 aliphatic heterocycles. The van der Waals surface area contributed by atoms with Gasteiger partial charge in [-0.1, -0.05) is 30.3 Å². The van der Waals surface area contributed by atoms with Crippen molar-refractivity contribution >= 4 is 5.91 Å². The van der Waals surface area contributed by atoms with Crippen molar-refractivity contribution in [3.63, 3.8) is 0 Å². The molecule has 1 atom stereocenters. The molecular formula is C22H31N5O. The molecule has 3 heterocycles. The summed E-state index contributed by atoms with van der Waals surface area (Å²) in [6.07, 6.45) is 2.39. The first-order valence-corrected chi connectivity index (χ1v) is 10.4. The van der Waals surface area contributed by atoms with Gasteiger partial charge in [0.15, 0.2) is 0 Å². The van der Waals surface area contributed by atoms with Crippen molar-refractivity contribution < 1.29 is 4.79 Å². The maximum atomic E-state index is 12.8. The van der Waals surface area contributed by atoms with Crippen molar-refractivity contribution in [3.05, 3.63) is 41.7 Å². The van der Waals surface area contributed by atoms with E-state index in [0.717, 1.165) is 68.3 Å². The summed E-state index contributed by atoms with van der Waals surface area (Å²) in [6, 6.07) is 10.6. The molecule has 1 aromatic heterocycles. The molecule has 4 rings (SSSR count). The van der Waals surface area contributed by atoms with E-state index in [0.29, 0.717) is 19.0 Å². The van der Waals surface area contributed by atoms with Crippen LogP contribution in [0.15, 0.2) is 30.3 Å². The number of nitrogens with one attached hydrogen (secondary N) is 1. The second-order valence-electron chi connectivity index (χ2n) is 8.17. The Morgan fingerprint density at radius 3 is 2.64 bits per heavy atom. The van der Waals surface area contributed by atoms with E-state index in [2.05, 4.69) is 40.9 Å². The second kappa shape index (κ2) is 8.45. The molecule has 150 valence electrons. The predicted octanol–water partition coefficient (Wildman–Crippen LogP) is 2.38. The molecule has 0 saturated carbocycles. The summed E-state index contributed by atoms with van der Waals surface area (Å²) in [5, 5.41) is 0. The molecule has 1 amide bonds. The molecule has 2 aromatic rings. The number of benzene rings is 1. The minimum Gasteiger partial charge on any atom is -0.340 e. The Morgan fingerprint density at radius 2 is 1.89 bits per heavy atom. The highest BCUT2D eigenvalue weighted by atomic mass is 16.2. The molecule has 6 nitrogen and oxygen atoms in total. The Morgan fingerprint density at radius 1 is 1.14 bits per heavy atom. The van der Waals surface area contributed by atoms with Crippen LogP contribution in [0, 0.1) is 0 Å². The van der Waals surface area contributed by atoms with Gasteiger partial charge in [0.05, 0.1) is 17.9 Å². The summed E-state index contributed by atoms with van der Waals surface area (Å²) in [5.74, 6) is 1.17. The van der Waals surface area contributed by atoms with Gasteiger partial charge >= 0.3 is 0 Å². The lowest BCUT2D eigenvalue weighted by atomic mass is 10.1. The molecule has 6 heteroatoms. The van der Waals surface area contributed by atoms with Gasteiger partial charge in [0.2, 0.25) is 5.91 Å². The maximum Gasteiger partial charge on any atom is 0.222 e. The quantitative estimate of drug-likeness (QED) is 0.864. The fourth-order valence-electron chi connectivity index (χ4n) is 4.18. The largest absolute Gasteiger partial charge is 0.340 e. The zero-order valence-corrected chi connectivity index (χ0v) is 17.0. The van der Waals surface area contributed by atoms with Crippen molar-refractivity contribution in [2.45, 2.75) is 38.8 Å². The van der Waals surface area contributed by atoms with Crippen LogP contribution in [0.5, 0.6) is 0 Å². The topological polar surface area (TPSA) is 55.5 Å². The number of carbonyl (C=O) groups excluding carboxylic acids is 1. The number of piperazine rings is 1. The van der Waals surface area contributed by atoms with Crippen LogP contribution in [-0.4, -0.2) is 76.4 Å². The lowest BCUT2D eigenvalue weighted by molar-refractivity contribution is -0.132. The molecule has 1 N–H and O–H groups in total. The van der Waals surface area contributed by atoms with Crippen LogP contribution in [0.4, 0.5) is 0 Å². The van der Waals surface area contributed by atoms with Crippen LogP contribution in [0.1, 0.15) is 31.2 Å². The summed E-state index contributed by atoms with van der Waals surface area (Å²) >= 11 is 0. The number of fused-ring (bicyclic) bond motifs is 1. The van der Waals surface area contributed by atoms with E-state index < -0.39 is 0 Å². The van der Waals surface area contributed by atoms with E-state index in [4.69, 9.17) is 4.98 Å². The van der Waals surface area contributed by atoms with Crippen LogP contribution in [0.2, 0.25) is 0 Å². The number of hydrogen-bond donors (Lipinski definition) is 1. The average molecular weight is 382 g/mol. The van der Waals surface area contributed by atoms with Gasteiger partial charge in [-0.25, -0.2) is 4.98 Å². The minimum absolute atomic E-state index is 0.266. The van der Waals surface area contributed by atoms with Crippen molar-refractivity contribution in [1.82, 2.24) is 24.7 Å². The molecule has 0 bridgehead atoms. The standard InChI is InChI=1S/C22H31N5O/c1-17(26-14-12-25(2)13-15-26)8-9-21(28)27-11-10-19-20(16-27)24-22(23-19)18-6-4-3-5-7-18/h3-7,17H,8-16H2,1-2H3,(H,23,24)/t17-/m0/s1. The third-order valence-electron chi connectivity index (χ3n) is 6.17. The van der Waals surface area contributed by atoms with E-state index in [1.54, 1.807) is 0 Å². The normalized spacial score (nSPS) is 19.4. The summed E-state index contributed by atoms with van der Waals surface area (Å²) in [4.78, 5) is 27.9. The van der Waals surface area contributed by atoms with Gasteiger partial charge in [0.1, 0.15) is 5.82 Å². The zero-order chi connectivity index (χ0) is 19.5. The molecule has 1 aromatic carbocycles. The Labute approximate surface area is 167 Å². The molecule has 1 saturated heterocycles. The van der Waals surface area contributed by atoms with Crippen molar-refractivity contribution in [3.8, 4) is 11.4 Å². The Balaban J connectivity index is 1.31. The molecule has 0 radical (unpaired) electrons. The predicted molar refractivity (Wildman–Crippen MR) is 111 cm³/mol. The molecule has 0 aliphatic carbocycles. The van der Waals surface area contributed by atoms with Gasteiger partial charge < -0.3 is 14.8 Å². The number of H-pyrrole nitrogens is 1.